The van der Waals surface area contributed by atoms with Gasteiger partial charge in [-0.15, -0.1) is 0 Å². The second-order valence-corrected chi connectivity index (χ2v) is 4.30. The Labute approximate surface area is 175 Å². The van der Waals surface area contributed by atoms with E-state index in [1.165, 1.54) is 0 Å². The molecule has 0 rings (SSSR count). The Morgan fingerprint density at radius 2 is 1.61 bits per heavy atom. The predicted molar refractivity (Wildman–Crippen MR) is 51.4 cm³/mol. The van der Waals surface area contributed by atoms with Gasteiger partial charge in [0.1, 0.15) is 6.04 Å². The Morgan fingerprint density at radius 3 is 1.89 bits per heavy atom. The number of nitrogens with one attached hydrogen (secondary N) is 1. The Bertz CT molecular complexity index is 360. The van der Waals surface area contributed by atoms with Crippen molar-refractivity contribution in [2.45, 2.75) is 12.5 Å². The summed E-state index contributed by atoms with van der Waals surface area (Å²) in [6.45, 7) is -0.330. The molecule has 0 aromatic carbocycles. The molecule has 0 heterocycles. The average Bonchev–Trinajstić information content (AvgIpc) is 1.99. The number of hydrogen-bond donors (Lipinski definition) is 4. The minimum atomic E-state index is -4.18. The fourth-order valence-electron chi connectivity index (χ4n) is 0.784. The first-order valence-corrected chi connectivity index (χ1v) is 5.46. The first-order valence-electron chi connectivity index (χ1n) is 3.85. The molecule has 1 unspecified atom stereocenters. The molecule has 94 valence electrons. The molecule has 0 saturated carbocycles. The number of hydrogen-bond acceptors (Lipinski definition) is 5. The number of carboxylic acids is 2. The topological polar surface area (TPSA) is 141 Å². The Balaban J connectivity index is -0.0000000653. The maximum atomic E-state index is 10.5. The number of aliphatic carboxylic acids is 2. The second-order valence-electron chi connectivity index (χ2n) is 2.73. The molecule has 18 heavy (non-hydrogen) atoms. The van der Waals surface area contributed by atoms with E-state index >= 15 is 0 Å². The molecule has 0 aliphatic carbocycles. The van der Waals surface area contributed by atoms with E-state index < -0.39 is 40.3 Å². The van der Waals surface area contributed by atoms with Crippen LogP contribution >= 0.6 is 0 Å². The first kappa shape index (κ1) is 28.0. The summed E-state index contributed by atoms with van der Waals surface area (Å²) in [5, 5.41) is 19.0. The number of carboxylic acid groups (broad SMARTS) is 2. The largest absolute Gasteiger partial charge is 1.00 e. The zero-order valence-electron chi connectivity index (χ0n) is 13.6. The van der Waals surface area contributed by atoms with E-state index in [1.54, 1.807) is 0 Å². The molecule has 0 aliphatic heterocycles. The SMILES string of the molecule is O=C(O)CC(NCCS(=O)(=O)O)C(=O)O.[H-].[H-].[H-].[Na+].[Na+].[Na+]. The van der Waals surface area contributed by atoms with Crippen molar-refractivity contribution < 1.29 is 126 Å². The van der Waals surface area contributed by atoms with Crippen molar-refractivity contribution in [1.82, 2.24) is 5.32 Å². The van der Waals surface area contributed by atoms with E-state index in [0.717, 1.165) is 0 Å². The van der Waals surface area contributed by atoms with Crippen LogP contribution in [-0.2, 0) is 19.7 Å². The fraction of sp³-hybridized carbons (Fsp3) is 0.667. The van der Waals surface area contributed by atoms with Crippen molar-refractivity contribution in [1.29, 1.82) is 0 Å². The van der Waals surface area contributed by atoms with Crippen molar-refractivity contribution in [2.75, 3.05) is 12.3 Å². The van der Waals surface area contributed by atoms with E-state index in [2.05, 4.69) is 5.32 Å². The van der Waals surface area contributed by atoms with Crippen LogP contribution in [0.15, 0.2) is 0 Å². The van der Waals surface area contributed by atoms with E-state index in [-0.39, 0.29) is 99.5 Å². The van der Waals surface area contributed by atoms with Crippen LogP contribution in [0.2, 0.25) is 0 Å². The van der Waals surface area contributed by atoms with Gasteiger partial charge in [0.15, 0.2) is 0 Å². The first-order chi connectivity index (χ1) is 6.72. The van der Waals surface area contributed by atoms with Crippen molar-refractivity contribution >= 4 is 22.1 Å². The smallest absolute Gasteiger partial charge is 1.00 e. The van der Waals surface area contributed by atoms with Crippen molar-refractivity contribution in [3.05, 3.63) is 0 Å². The van der Waals surface area contributed by atoms with Crippen molar-refractivity contribution in [3.8, 4) is 0 Å². The summed E-state index contributed by atoms with van der Waals surface area (Å²) >= 11 is 0. The molecule has 12 heteroatoms. The summed E-state index contributed by atoms with van der Waals surface area (Å²) in [4.78, 5) is 20.7. The van der Waals surface area contributed by atoms with Crippen molar-refractivity contribution in [2.24, 2.45) is 0 Å². The minimum Gasteiger partial charge on any atom is -1.00 e. The van der Waals surface area contributed by atoms with Gasteiger partial charge >= 0.3 is 101 Å². The maximum absolute atomic E-state index is 10.5. The Hall–Kier alpha value is 1.81. The summed E-state index contributed by atoms with van der Waals surface area (Å²) in [5.41, 5.74) is 0. The maximum Gasteiger partial charge on any atom is 1.00 e. The molecular weight excluding hydrogens is 299 g/mol. The van der Waals surface area contributed by atoms with E-state index in [1.807, 2.05) is 0 Å². The molecule has 0 fully saturated rings. The zero-order chi connectivity index (χ0) is 12.1. The standard InChI is InChI=1S/C6H11NO7S.3Na.3H/c8-5(9)3-4(6(10)11)7-1-2-15(12,13)14;;;;;;/h4,7H,1-3H2,(H,8,9)(H,10,11)(H,12,13,14);;;;;;/q;3*+1;3*-1. The molecule has 0 aromatic heterocycles. The molecule has 0 amide bonds. The van der Waals surface area contributed by atoms with Crippen molar-refractivity contribution in [3.63, 3.8) is 0 Å². The predicted octanol–water partition coefficient (Wildman–Crippen LogP) is -10.3. The molecule has 0 spiro atoms. The van der Waals surface area contributed by atoms with Gasteiger partial charge in [0.25, 0.3) is 10.1 Å². The van der Waals surface area contributed by atoms with Gasteiger partial charge in [0.05, 0.1) is 12.2 Å². The summed E-state index contributed by atoms with van der Waals surface area (Å²) in [5.74, 6) is -3.38. The van der Waals surface area contributed by atoms with Crippen LogP contribution in [0, 0.1) is 0 Å². The second kappa shape index (κ2) is 13.8. The van der Waals surface area contributed by atoms with Gasteiger partial charge in [-0.2, -0.15) is 8.42 Å². The molecule has 0 bridgehead atoms. The third-order valence-electron chi connectivity index (χ3n) is 1.43. The van der Waals surface area contributed by atoms with E-state index in [4.69, 9.17) is 14.8 Å². The zero-order valence-corrected chi connectivity index (χ0v) is 17.4. The van der Waals surface area contributed by atoms with Crippen LogP contribution in [0.1, 0.15) is 10.7 Å². The molecule has 1 atom stereocenters. The summed E-state index contributed by atoms with van der Waals surface area (Å²) in [6.07, 6.45) is -0.666. The third-order valence-corrected chi connectivity index (χ3v) is 2.15. The number of carbonyl (C=O) groups is 2. The minimum absolute atomic E-state index is 0. The van der Waals surface area contributed by atoms with E-state index in [9.17, 15) is 18.0 Å². The molecule has 0 radical (unpaired) electrons. The summed E-state index contributed by atoms with van der Waals surface area (Å²) in [6, 6.07) is -1.37. The van der Waals surface area contributed by atoms with Gasteiger partial charge in [-0.1, -0.05) is 0 Å². The van der Waals surface area contributed by atoms with Crippen LogP contribution in [0.3, 0.4) is 0 Å². The average molecular weight is 313 g/mol. The van der Waals surface area contributed by atoms with Gasteiger partial charge in [-0.3, -0.25) is 14.1 Å². The summed E-state index contributed by atoms with van der Waals surface area (Å²) < 4.78 is 28.8. The molecular formula is C6H14NNa3O7S. The van der Waals surface area contributed by atoms with Gasteiger partial charge in [0, 0.05) is 6.54 Å². The normalized spacial score (nSPS) is 11.2. The van der Waals surface area contributed by atoms with E-state index in [0.29, 0.717) is 0 Å². The van der Waals surface area contributed by atoms with Crippen LogP contribution in [-0.4, -0.2) is 53.5 Å². The monoisotopic (exact) mass is 313 g/mol. The molecule has 4 N–H and O–H groups in total. The molecule has 0 saturated heterocycles. The quantitative estimate of drug-likeness (QED) is 0.268. The van der Waals surface area contributed by atoms with Crippen LogP contribution in [0.5, 0.6) is 0 Å². The fourth-order valence-corrected chi connectivity index (χ4v) is 1.16. The van der Waals surface area contributed by atoms with Gasteiger partial charge < -0.3 is 19.8 Å². The Morgan fingerprint density at radius 1 is 1.17 bits per heavy atom. The number of rotatable bonds is 7. The molecule has 0 aliphatic rings. The van der Waals surface area contributed by atoms with Gasteiger partial charge in [0.2, 0.25) is 0 Å². The third kappa shape index (κ3) is 17.8. The molecule has 0 aromatic rings. The summed E-state index contributed by atoms with van der Waals surface area (Å²) in [7, 11) is -4.18. The van der Waals surface area contributed by atoms with Crippen LogP contribution < -0.4 is 94.0 Å². The Kier molecular flexibility index (Phi) is 21.5. The molecule has 8 nitrogen and oxygen atoms in total. The van der Waals surface area contributed by atoms with Gasteiger partial charge in [-0.05, 0) is 0 Å². The van der Waals surface area contributed by atoms with Crippen LogP contribution in [0.4, 0.5) is 0 Å². The van der Waals surface area contributed by atoms with Crippen LogP contribution in [0.25, 0.3) is 0 Å². The van der Waals surface area contributed by atoms with Gasteiger partial charge in [-0.25, -0.2) is 0 Å².